The number of aryl methyl sites for hydroxylation is 1. The molecule has 2 aliphatic heterocycles. The Morgan fingerprint density at radius 2 is 2.16 bits per heavy atom. The molecule has 25 heavy (non-hydrogen) atoms. The van der Waals surface area contributed by atoms with Crippen LogP contribution in [0.25, 0.3) is 0 Å². The number of thiophene rings is 1. The predicted octanol–water partition coefficient (Wildman–Crippen LogP) is 2.87. The van der Waals surface area contributed by atoms with Gasteiger partial charge in [0.2, 0.25) is 0 Å². The molecule has 2 aliphatic rings. The van der Waals surface area contributed by atoms with Crippen molar-refractivity contribution in [3.8, 4) is 0 Å². The minimum absolute atomic E-state index is 0.0946. The van der Waals surface area contributed by atoms with E-state index in [0.717, 1.165) is 37.9 Å². The number of amides is 2. The van der Waals surface area contributed by atoms with E-state index in [-0.39, 0.29) is 23.6 Å². The Hall–Kier alpha value is -2.12. The summed E-state index contributed by atoms with van der Waals surface area (Å²) in [5.41, 5.74) is 0.904. The normalized spacial score (nSPS) is 22.7. The molecule has 0 aromatic carbocycles. The van der Waals surface area contributed by atoms with Crippen LogP contribution in [0.3, 0.4) is 0 Å². The van der Waals surface area contributed by atoms with Crippen molar-refractivity contribution in [2.45, 2.75) is 38.3 Å². The number of furan rings is 1. The van der Waals surface area contributed by atoms with Gasteiger partial charge in [-0.05, 0) is 56.5 Å². The van der Waals surface area contributed by atoms with Crippen molar-refractivity contribution in [2.24, 2.45) is 0 Å². The maximum atomic E-state index is 13.1. The zero-order valence-corrected chi connectivity index (χ0v) is 14.9. The molecule has 2 fully saturated rings. The molecule has 0 saturated carbocycles. The molecule has 2 amide bonds. The topological polar surface area (TPSA) is 74.6 Å². The van der Waals surface area contributed by atoms with Gasteiger partial charge in [0, 0.05) is 18.6 Å². The summed E-state index contributed by atoms with van der Waals surface area (Å²) in [4.78, 5) is 28.0. The lowest BCUT2D eigenvalue weighted by molar-refractivity contribution is 0.0684. The Labute approximate surface area is 150 Å². The standard InChI is InChI=1S/C18H21N3O3S/c1-11-9-15(20-17(22)14-3-2-8-24-14)25-16(11)18(23)21-12-4-5-13(21)10-19-7-6-12/h2-3,8-9,12-13,19H,4-7,10H2,1H3,(H,20,22). The van der Waals surface area contributed by atoms with E-state index in [1.165, 1.54) is 17.6 Å². The molecule has 2 bridgehead atoms. The second kappa shape index (κ2) is 6.65. The Balaban J connectivity index is 1.54. The van der Waals surface area contributed by atoms with E-state index in [4.69, 9.17) is 4.42 Å². The molecule has 2 aromatic rings. The monoisotopic (exact) mass is 359 g/mol. The second-order valence-electron chi connectivity index (χ2n) is 6.64. The maximum absolute atomic E-state index is 13.1. The van der Waals surface area contributed by atoms with Gasteiger partial charge in [-0.15, -0.1) is 11.3 Å². The smallest absolute Gasteiger partial charge is 0.291 e. The molecule has 7 heteroatoms. The summed E-state index contributed by atoms with van der Waals surface area (Å²) in [6.45, 7) is 3.76. The summed E-state index contributed by atoms with van der Waals surface area (Å²) < 4.78 is 5.11. The fourth-order valence-electron chi connectivity index (χ4n) is 3.77. The first-order valence-electron chi connectivity index (χ1n) is 8.62. The molecule has 2 aromatic heterocycles. The first kappa shape index (κ1) is 16.4. The third-order valence-electron chi connectivity index (χ3n) is 4.98. The largest absolute Gasteiger partial charge is 0.459 e. The molecule has 6 nitrogen and oxygen atoms in total. The highest BCUT2D eigenvalue weighted by Crippen LogP contribution is 2.34. The van der Waals surface area contributed by atoms with E-state index in [9.17, 15) is 9.59 Å². The number of carbonyl (C=O) groups is 2. The van der Waals surface area contributed by atoms with Crippen LogP contribution in [-0.4, -0.2) is 41.9 Å². The van der Waals surface area contributed by atoms with E-state index < -0.39 is 0 Å². The summed E-state index contributed by atoms with van der Waals surface area (Å²) in [5.74, 6) is 0.0528. The minimum atomic E-state index is -0.302. The summed E-state index contributed by atoms with van der Waals surface area (Å²) in [6.07, 6.45) is 4.63. The van der Waals surface area contributed by atoms with Crippen molar-refractivity contribution in [2.75, 3.05) is 18.4 Å². The first-order valence-corrected chi connectivity index (χ1v) is 9.44. The van der Waals surface area contributed by atoms with Gasteiger partial charge in [-0.2, -0.15) is 0 Å². The van der Waals surface area contributed by atoms with Gasteiger partial charge in [-0.3, -0.25) is 9.59 Å². The van der Waals surface area contributed by atoms with Crippen molar-refractivity contribution in [3.63, 3.8) is 0 Å². The summed E-state index contributed by atoms with van der Waals surface area (Å²) in [6, 6.07) is 5.76. The predicted molar refractivity (Wildman–Crippen MR) is 96.2 cm³/mol. The fourth-order valence-corrected chi connectivity index (χ4v) is 4.78. The number of carbonyl (C=O) groups excluding carboxylic acids is 2. The van der Waals surface area contributed by atoms with Crippen LogP contribution >= 0.6 is 11.3 Å². The van der Waals surface area contributed by atoms with Crippen LogP contribution in [0.4, 0.5) is 5.00 Å². The van der Waals surface area contributed by atoms with Gasteiger partial charge in [0.05, 0.1) is 16.1 Å². The van der Waals surface area contributed by atoms with Gasteiger partial charge in [-0.25, -0.2) is 0 Å². The van der Waals surface area contributed by atoms with Gasteiger partial charge >= 0.3 is 0 Å². The minimum Gasteiger partial charge on any atom is -0.459 e. The van der Waals surface area contributed by atoms with Gasteiger partial charge in [0.15, 0.2) is 5.76 Å². The molecular weight excluding hydrogens is 338 g/mol. The quantitative estimate of drug-likeness (QED) is 0.884. The van der Waals surface area contributed by atoms with Crippen LogP contribution in [0.15, 0.2) is 28.9 Å². The fraction of sp³-hybridized carbons (Fsp3) is 0.444. The summed E-state index contributed by atoms with van der Waals surface area (Å²) >= 11 is 1.34. The summed E-state index contributed by atoms with van der Waals surface area (Å²) in [7, 11) is 0. The van der Waals surface area contributed by atoms with Crippen LogP contribution < -0.4 is 10.6 Å². The molecule has 2 unspecified atom stereocenters. The maximum Gasteiger partial charge on any atom is 0.291 e. The third-order valence-corrected chi connectivity index (χ3v) is 6.12. The highest BCUT2D eigenvalue weighted by molar-refractivity contribution is 7.18. The van der Waals surface area contributed by atoms with Gasteiger partial charge in [0.1, 0.15) is 0 Å². The lowest BCUT2D eigenvalue weighted by atomic mass is 10.1. The molecule has 2 atom stereocenters. The number of rotatable bonds is 3. The SMILES string of the molecule is Cc1cc(NC(=O)c2ccco2)sc1C(=O)N1C2CCNCC1CC2. The van der Waals surface area contributed by atoms with Crippen LogP contribution in [0.5, 0.6) is 0 Å². The average molecular weight is 359 g/mol. The van der Waals surface area contributed by atoms with E-state index in [1.54, 1.807) is 12.1 Å². The molecule has 4 rings (SSSR count). The highest BCUT2D eigenvalue weighted by atomic mass is 32.1. The second-order valence-corrected chi connectivity index (χ2v) is 7.70. The molecule has 0 aliphatic carbocycles. The van der Waals surface area contributed by atoms with Crippen LogP contribution in [0.2, 0.25) is 0 Å². The Morgan fingerprint density at radius 1 is 1.32 bits per heavy atom. The molecule has 4 heterocycles. The van der Waals surface area contributed by atoms with Crippen LogP contribution in [0.1, 0.15) is 45.1 Å². The summed E-state index contributed by atoms with van der Waals surface area (Å²) in [5, 5.41) is 6.90. The Kier molecular flexibility index (Phi) is 4.35. The van der Waals surface area contributed by atoms with E-state index in [1.807, 2.05) is 13.0 Å². The molecular formula is C18H21N3O3S. The van der Waals surface area contributed by atoms with Crippen molar-refractivity contribution in [1.82, 2.24) is 10.2 Å². The van der Waals surface area contributed by atoms with Crippen LogP contribution in [0, 0.1) is 6.92 Å². The van der Waals surface area contributed by atoms with E-state index >= 15 is 0 Å². The van der Waals surface area contributed by atoms with E-state index in [0.29, 0.717) is 15.9 Å². The zero-order chi connectivity index (χ0) is 17.4. The zero-order valence-electron chi connectivity index (χ0n) is 14.1. The van der Waals surface area contributed by atoms with Crippen molar-refractivity contribution >= 4 is 28.2 Å². The van der Waals surface area contributed by atoms with Crippen LogP contribution in [-0.2, 0) is 0 Å². The number of nitrogens with one attached hydrogen (secondary N) is 2. The number of hydrogen-bond donors (Lipinski definition) is 2. The highest BCUT2D eigenvalue weighted by Gasteiger charge is 2.39. The van der Waals surface area contributed by atoms with Crippen molar-refractivity contribution < 1.29 is 14.0 Å². The van der Waals surface area contributed by atoms with Crippen molar-refractivity contribution in [1.29, 1.82) is 0 Å². The van der Waals surface area contributed by atoms with Crippen molar-refractivity contribution in [3.05, 3.63) is 40.7 Å². The number of anilines is 1. The number of nitrogens with zero attached hydrogens (tertiary/aromatic N) is 1. The van der Waals surface area contributed by atoms with E-state index in [2.05, 4.69) is 15.5 Å². The molecule has 132 valence electrons. The number of fused-ring (bicyclic) bond motifs is 2. The average Bonchev–Trinajstić information content (AvgIpc) is 3.26. The van der Waals surface area contributed by atoms with Gasteiger partial charge in [0.25, 0.3) is 11.8 Å². The molecule has 0 radical (unpaired) electrons. The molecule has 0 spiro atoms. The third kappa shape index (κ3) is 3.09. The van der Waals surface area contributed by atoms with Gasteiger partial charge < -0.3 is 20.0 Å². The lowest BCUT2D eigenvalue weighted by Gasteiger charge is -2.27. The van der Waals surface area contributed by atoms with Gasteiger partial charge in [-0.1, -0.05) is 0 Å². The molecule has 2 saturated heterocycles. The molecule has 2 N–H and O–H groups in total. The first-order chi connectivity index (χ1) is 12.1. The number of hydrogen-bond acceptors (Lipinski definition) is 5. The Bertz CT molecular complexity index is 770. The lowest BCUT2D eigenvalue weighted by Crippen LogP contribution is -2.42. The Morgan fingerprint density at radius 3 is 2.96 bits per heavy atom.